The molecule has 0 bridgehead atoms. The zero-order valence-corrected chi connectivity index (χ0v) is 54.8. The number of aliphatic hydroxyl groups excluding tert-OH is 2. The van der Waals surface area contributed by atoms with Crippen molar-refractivity contribution < 1.29 is 24.5 Å². The number of allylic oxidation sites excluding steroid dienone is 6. The van der Waals surface area contributed by atoms with E-state index in [9.17, 15) is 19.8 Å². The third-order valence-electron chi connectivity index (χ3n) is 17.2. The molecule has 0 aliphatic rings. The molecule has 81 heavy (non-hydrogen) atoms. The van der Waals surface area contributed by atoms with Crippen LogP contribution in [0, 0.1) is 0 Å². The van der Waals surface area contributed by atoms with Crippen LogP contribution in [-0.2, 0) is 14.3 Å². The number of amides is 1. The maximum Gasteiger partial charge on any atom is 0.305 e. The Labute approximate surface area is 506 Å². The number of aliphatic hydroxyl groups is 2. The monoisotopic (exact) mass is 1140 g/mol. The predicted molar refractivity (Wildman–Crippen MR) is 356 cm³/mol. The Bertz CT molecular complexity index is 1310. The number of nitrogens with one attached hydrogen (secondary N) is 1. The Morgan fingerprint density at radius 1 is 0.346 bits per heavy atom. The molecule has 2 atom stereocenters. The highest BCUT2D eigenvalue weighted by atomic mass is 16.5. The summed E-state index contributed by atoms with van der Waals surface area (Å²) >= 11 is 0. The average molecular weight is 1140 g/mol. The van der Waals surface area contributed by atoms with E-state index in [-0.39, 0.29) is 18.5 Å². The van der Waals surface area contributed by atoms with E-state index in [0.29, 0.717) is 25.9 Å². The lowest BCUT2D eigenvalue weighted by atomic mass is 10.0. The molecule has 0 aromatic carbocycles. The summed E-state index contributed by atoms with van der Waals surface area (Å²) in [5.41, 5.74) is 0. The van der Waals surface area contributed by atoms with E-state index < -0.39 is 12.1 Å². The predicted octanol–water partition coefficient (Wildman–Crippen LogP) is 23.9. The van der Waals surface area contributed by atoms with Crippen LogP contribution in [0.25, 0.3) is 0 Å². The molecule has 0 aromatic rings. The van der Waals surface area contributed by atoms with E-state index in [4.69, 9.17) is 4.74 Å². The minimum atomic E-state index is -0.661. The van der Waals surface area contributed by atoms with Crippen LogP contribution in [0.1, 0.15) is 406 Å². The SMILES string of the molecule is CCCCCC/C=C\CCCCCCCC(=O)OCCCCCCCCCCCCCCCCC/C=C\C/C=C\CCCCCCCCCCCCCCCCCCCC(=O)NC(CO)C(O)CCCCCCCCCCCCCC. The third kappa shape index (κ3) is 67.1. The minimum Gasteiger partial charge on any atom is -0.466 e. The number of carbonyl (C=O) groups excluding carboxylic acids is 2. The molecule has 1 amide bonds. The number of rotatable bonds is 69. The van der Waals surface area contributed by atoms with Gasteiger partial charge in [0.25, 0.3) is 0 Å². The summed E-state index contributed by atoms with van der Waals surface area (Å²) in [6, 6.07) is -0.538. The fraction of sp³-hybridized carbons (Fsp3) is 0.893. The first-order valence-electron chi connectivity index (χ1n) is 36.7. The average Bonchev–Trinajstić information content (AvgIpc) is 3.47. The second kappa shape index (κ2) is 70.6. The summed E-state index contributed by atoms with van der Waals surface area (Å²) in [5.74, 6) is -0.0192. The van der Waals surface area contributed by atoms with Crippen LogP contribution in [0.3, 0.4) is 0 Å². The lowest BCUT2D eigenvalue weighted by Crippen LogP contribution is -2.45. The van der Waals surface area contributed by atoms with Gasteiger partial charge in [-0.05, 0) is 83.5 Å². The molecular formula is C75H143NO5. The number of hydrogen-bond acceptors (Lipinski definition) is 5. The van der Waals surface area contributed by atoms with Crippen LogP contribution in [0.15, 0.2) is 36.5 Å². The van der Waals surface area contributed by atoms with Crippen molar-refractivity contribution in [1.29, 1.82) is 0 Å². The van der Waals surface area contributed by atoms with Crippen molar-refractivity contribution >= 4 is 11.9 Å². The van der Waals surface area contributed by atoms with Crippen LogP contribution >= 0.6 is 0 Å². The van der Waals surface area contributed by atoms with Crippen LogP contribution < -0.4 is 5.32 Å². The Hall–Kier alpha value is -1.92. The smallest absolute Gasteiger partial charge is 0.305 e. The quantitative estimate of drug-likeness (QED) is 0.0320. The molecule has 2 unspecified atom stereocenters. The maximum absolute atomic E-state index is 12.5. The Morgan fingerprint density at radius 3 is 0.963 bits per heavy atom. The lowest BCUT2D eigenvalue weighted by Gasteiger charge is -2.22. The molecule has 6 heteroatoms. The van der Waals surface area contributed by atoms with Crippen molar-refractivity contribution in [2.75, 3.05) is 13.2 Å². The summed E-state index contributed by atoms with van der Waals surface area (Å²) in [5, 5.41) is 23.3. The van der Waals surface area contributed by atoms with E-state index in [1.807, 2.05) is 0 Å². The molecule has 478 valence electrons. The highest BCUT2D eigenvalue weighted by molar-refractivity contribution is 5.76. The van der Waals surface area contributed by atoms with Crippen molar-refractivity contribution in [3.8, 4) is 0 Å². The molecule has 0 fully saturated rings. The maximum atomic E-state index is 12.5. The van der Waals surface area contributed by atoms with Gasteiger partial charge in [0.1, 0.15) is 0 Å². The van der Waals surface area contributed by atoms with Crippen molar-refractivity contribution in [2.45, 2.75) is 418 Å². The normalized spacial score (nSPS) is 12.7. The first-order chi connectivity index (χ1) is 40.0. The highest BCUT2D eigenvalue weighted by Crippen LogP contribution is 2.19. The molecule has 0 saturated carbocycles. The largest absolute Gasteiger partial charge is 0.466 e. The minimum absolute atomic E-state index is 0.0113. The molecule has 0 saturated heterocycles. The van der Waals surface area contributed by atoms with Gasteiger partial charge in [-0.2, -0.15) is 0 Å². The topological polar surface area (TPSA) is 95.9 Å². The van der Waals surface area contributed by atoms with Crippen LogP contribution in [0.4, 0.5) is 0 Å². The number of ether oxygens (including phenoxy) is 1. The van der Waals surface area contributed by atoms with E-state index in [2.05, 4.69) is 55.6 Å². The molecule has 0 radical (unpaired) electrons. The van der Waals surface area contributed by atoms with Gasteiger partial charge in [-0.3, -0.25) is 9.59 Å². The molecule has 0 rings (SSSR count). The lowest BCUT2D eigenvalue weighted by molar-refractivity contribution is -0.143. The summed E-state index contributed by atoms with van der Waals surface area (Å²) in [6.45, 7) is 4.96. The molecule has 3 N–H and O–H groups in total. The third-order valence-corrected chi connectivity index (χ3v) is 17.2. The zero-order valence-electron chi connectivity index (χ0n) is 54.8. The highest BCUT2D eigenvalue weighted by Gasteiger charge is 2.20. The van der Waals surface area contributed by atoms with Gasteiger partial charge >= 0.3 is 5.97 Å². The standard InChI is InChI=1S/C75H143NO5/c1-3-5-7-9-11-13-15-44-49-53-57-61-65-69-75(80)81-70-66-62-58-54-50-46-43-41-39-37-35-33-31-29-27-25-23-21-19-17-18-20-22-24-26-28-30-32-34-36-38-40-42-45-48-52-56-60-64-68-74(79)76-72(71-77)73(78)67-63-59-55-51-47-16-14-12-10-8-6-4-2/h13,15,17-18,21,23,72-73,77-78H,3-12,14,16,19-20,22,24-71H2,1-2H3,(H,76,79)/b15-13-,18-17-,23-21-. The van der Waals surface area contributed by atoms with Gasteiger partial charge in [0.15, 0.2) is 0 Å². The van der Waals surface area contributed by atoms with E-state index >= 15 is 0 Å². The van der Waals surface area contributed by atoms with Crippen molar-refractivity contribution in [2.24, 2.45) is 0 Å². The zero-order chi connectivity index (χ0) is 58.5. The second-order valence-electron chi connectivity index (χ2n) is 25.3. The fourth-order valence-corrected chi connectivity index (χ4v) is 11.6. The number of esters is 1. The number of hydrogen-bond donors (Lipinski definition) is 3. The molecule has 0 aromatic heterocycles. The van der Waals surface area contributed by atoms with Crippen molar-refractivity contribution in [3.63, 3.8) is 0 Å². The summed E-state index contributed by atoms with van der Waals surface area (Å²) in [6.07, 6.45) is 90.8. The van der Waals surface area contributed by atoms with Gasteiger partial charge in [-0.15, -0.1) is 0 Å². The Morgan fingerprint density at radius 2 is 0.617 bits per heavy atom. The van der Waals surface area contributed by atoms with Gasteiger partial charge < -0.3 is 20.3 Å². The molecule has 0 heterocycles. The van der Waals surface area contributed by atoms with Crippen LogP contribution in [0.5, 0.6) is 0 Å². The van der Waals surface area contributed by atoms with Gasteiger partial charge in [-0.1, -0.05) is 346 Å². The fourth-order valence-electron chi connectivity index (χ4n) is 11.6. The summed E-state index contributed by atoms with van der Waals surface area (Å²) < 4.78 is 5.48. The Kier molecular flexibility index (Phi) is 68.9. The molecule has 0 spiro atoms. The molecular weight excluding hydrogens is 995 g/mol. The number of unbranched alkanes of at least 4 members (excludes halogenated alkanes) is 52. The van der Waals surface area contributed by atoms with Crippen LogP contribution in [-0.4, -0.2) is 47.4 Å². The first kappa shape index (κ1) is 79.1. The van der Waals surface area contributed by atoms with Gasteiger partial charge in [0, 0.05) is 12.8 Å². The number of carbonyl (C=O) groups is 2. The molecule has 6 nitrogen and oxygen atoms in total. The van der Waals surface area contributed by atoms with E-state index in [1.54, 1.807) is 0 Å². The Balaban J connectivity index is 3.34. The molecule has 0 aliphatic heterocycles. The van der Waals surface area contributed by atoms with Crippen LogP contribution in [0.2, 0.25) is 0 Å². The van der Waals surface area contributed by atoms with Crippen molar-refractivity contribution in [1.82, 2.24) is 5.32 Å². The van der Waals surface area contributed by atoms with E-state index in [1.165, 1.54) is 321 Å². The van der Waals surface area contributed by atoms with Gasteiger partial charge in [-0.25, -0.2) is 0 Å². The van der Waals surface area contributed by atoms with Gasteiger partial charge in [0.05, 0.1) is 25.4 Å². The first-order valence-corrected chi connectivity index (χ1v) is 36.7. The summed E-state index contributed by atoms with van der Waals surface area (Å²) in [7, 11) is 0. The van der Waals surface area contributed by atoms with E-state index in [0.717, 1.165) is 51.4 Å². The summed E-state index contributed by atoms with van der Waals surface area (Å²) in [4.78, 5) is 24.5. The second-order valence-corrected chi connectivity index (χ2v) is 25.3. The molecule has 0 aliphatic carbocycles. The van der Waals surface area contributed by atoms with Gasteiger partial charge in [0.2, 0.25) is 5.91 Å². The van der Waals surface area contributed by atoms with Crippen molar-refractivity contribution in [3.05, 3.63) is 36.5 Å².